The second-order valence-electron chi connectivity index (χ2n) is 3.35. The molecule has 88 valence electrons. The van der Waals surface area contributed by atoms with Gasteiger partial charge in [-0.3, -0.25) is 9.63 Å². The van der Waals surface area contributed by atoms with Gasteiger partial charge < -0.3 is 5.11 Å². The smallest absolute Gasteiger partial charge is 0.248 e. The summed E-state index contributed by atoms with van der Waals surface area (Å²) in [6.07, 6.45) is -0.816. The van der Waals surface area contributed by atoms with Crippen molar-refractivity contribution in [2.75, 3.05) is 14.2 Å². The van der Waals surface area contributed by atoms with Gasteiger partial charge in [0.15, 0.2) is 0 Å². The maximum atomic E-state index is 11.5. The van der Waals surface area contributed by atoms with Crippen LogP contribution in [0.5, 0.6) is 0 Å². The predicted octanol–water partition coefficient (Wildman–Crippen LogP) is 1.89. The summed E-state index contributed by atoms with van der Waals surface area (Å²) in [4.78, 5) is 16.2. The van der Waals surface area contributed by atoms with E-state index in [1.165, 1.54) is 14.2 Å². The van der Waals surface area contributed by atoms with Crippen molar-refractivity contribution in [3.8, 4) is 0 Å². The van der Waals surface area contributed by atoms with E-state index < -0.39 is 6.10 Å². The van der Waals surface area contributed by atoms with Crippen LogP contribution in [0, 0.1) is 0 Å². The van der Waals surface area contributed by atoms with Gasteiger partial charge in [-0.15, -0.1) is 0 Å². The highest BCUT2D eigenvalue weighted by Gasteiger charge is 2.16. The van der Waals surface area contributed by atoms with Crippen LogP contribution in [0.2, 0.25) is 0 Å². The summed E-state index contributed by atoms with van der Waals surface area (Å²) in [5.74, 6) is -0.269. The molecule has 4 nitrogen and oxygen atoms in total. The van der Waals surface area contributed by atoms with Gasteiger partial charge in [-0.05, 0) is 17.7 Å². The van der Waals surface area contributed by atoms with Crippen LogP contribution in [0.1, 0.15) is 18.1 Å². The summed E-state index contributed by atoms with van der Waals surface area (Å²) < 4.78 is 0.872. The van der Waals surface area contributed by atoms with Crippen LogP contribution in [0.4, 0.5) is 0 Å². The number of amides is 1. The fraction of sp³-hybridized carbons (Fsp3) is 0.364. The summed E-state index contributed by atoms with van der Waals surface area (Å²) in [5, 5.41) is 10.9. The van der Waals surface area contributed by atoms with E-state index in [1.54, 1.807) is 12.1 Å². The van der Waals surface area contributed by atoms with E-state index in [9.17, 15) is 9.90 Å². The van der Waals surface area contributed by atoms with Crippen LogP contribution in [-0.4, -0.2) is 30.2 Å². The molecule has 0 saturated heterocycles. The van der Waals surface area contributed by atoms with Gasteiger partial charge in [-0.25, -0.2) is 5.06 Å². The van der Waals surface area contributed by atoms with Crippen LogP contribution in [0.3, 0.4) is 0 Å². The van der Waals surface area contributed by atoms with Crippen LogP contribution in [0.25, 0.3) is 0 Å². The molecular weight excluding hydrogens is 274 g/mol. The first-order valence-corrected chi connectivity index (χ1v) is 5.58. The van der Waals surface area contributed by atoms with Crippen LogP contribution in [-0.2, 0) is 9.63 Å². The van der Waals surface area contributed by atoms with E-state index in [1.807, 2.05) is 12.1 Å². The van der Waals surface area contributed by atoms with Crippen molar-refractivity contribution >= 4 is 21.8 Å². The summed E-state index contributed by atoms with van der Waals surface area (Å²) >= 11 is 3.31. The molecule has 1 aromatic rings. The molecule has 1 unspecified atom stereocenters. The van der Waals surface area contributed by atoms with Crippen molar-refractivity contribution in [1.82, 2.24) is 5.06 Å². The highest BCUT2D eigenvalue weighted by molar-refractivity contribution is 9.10. The molecule has 1 rings (SSSR count). The largest absolute Gasteiger partial charge is 0.388 e. The van der Waals surface area contributed by atoms with Crippen molar-refractivity contribution in [1.29, 1.82) is 0 Å². The molecule has 0 heterocycles. The lowest BCUT2D eigenvalue weighted by atomic mass is 10.1. The fourth-order valence-corrected chi connectivity index (χ4v) is 1.64. The van der Waals surface area contributed by atoms with Gasteiger partial charge in [0.1, 0.15) is 0 Å². The first kappa shape index (κ1) is 13.2. The molecule has 1 N–H and O–H groups in total. The molecule has 0 spiro atoms. The maximum absolute atomic E-state index is 11.5. The Kier molecular flexibility index (Phi) is 4.92. The Morgan fingerprint density at radius 1 is 1.62 bits per heavy atom. The number of carbonyl (C=O) groups excluding carboxylic acids is 1. The zero-order chi connectivity index (χ0) is 12.1. The standard InChI is InChI=1S/C11H14BrNO3/c1-13(16-2)11(15)7-10(14)8-4-3-5-9(12)6-8/h3-6,10,14H,7H2,1-2H3. The van der Waals surface area contributed by atoms with Crippen molar-refractivity contribution < 1.29 is 14.7 Å². The zero-order valence-electron chi connectivity index (χ0n) is 9.18. The highest BCUT2D eigenvalue weighted by Crippen LogP contribution is 2.21. The Morgan fingerprint density at radius 2 is 2.31 bits per heavy atom. The molecule has 16 heavy (non-hydrogen) atoms. The van der Waals surface area contributed by atoms with Crippen molar-refractivity contribution in [2.45, 2.75) is 12.5 Å². The van der Waals surface area contributed by atoms with Crippen LogP contribution < -0.4 is 0 Å². The Hall–Kier alpha value is -0.910. The van der Waals surface area contributed by atoms with Gasteiger partial charge in [0.25, 0.3) is 0 Å². The molecule has 0 aromatic heterocycles. The minimum atomic E-state index is -0.817. The van der Waals surface area contributed by atoms with E-state index in [-0.39, 0.29) is 12.3 Å². The molecule has 0 radical (unpaired) electrons. The van der Waals surface area contributed by atoms with Crippen molar-refractivity contribution in [3.05, 3.63) is 34.3 Å². The zero-order valence-corrected chi connectivity index (χ0v) is 10.8. The average molecular weight is 288 g/mol. The summed E-state index contributed by atoms with van der Waals surface area (Å²) in [6.45, 7) is 0. The minimum absolute atomic E-state index is 0.000787. The second-order valence-corrected chi connectivity index (χ2v) is 4.26. The third-order valence-electron chi connectivity index (χ3n) is 2.23. The SMILES string of the molecule is CON(C)C(=O)CC(O)c1cccc(Br)c1. The van der Waals surface area contributed by atoms with E-state index >= 15 is 0 Å². The molecular formula is C11H14BrNO3. The third-order valence-corrected chi connectivity index (χ3v) is 2.72. The Labute approximate surface area is 103 Å². The molecule has 1 atom stereocenters. The second kappa shape index (κ2) is 5.98. The number of rotatable bonds is 4. The van der Waals surface area contributed by atoms with Crippen molar-refractivity contribution in [2.24, 2.45) is 0 Å². The molecule has 1 aromatic carbocycles. The molecule has 0 fully saturated rings. The molecule has 0 aliphatic rings. The predicted molar refractivity (Wildman–Crippen MR) is 63.5 cm³/mol. The lowest BCUT2D eigenvalue weighted by Gasteiger charge is -2.16. The van der Waals surface area contributed by atoms with Gasteiger partial charge in [-0.2, -0.15) is 0 Å². The molecule has 0 saturated carbocycles. The lowest BCUT2D eigenvalue weighted by Crippen LogP contribution is -2.26. The van der Waals surface area contributed by atoms with E-state index in [4.69, 9.17) is 4.84 Å². The first-order chi connectivity index (χ1) is 7.54. The quantitative estimate of drug-likeness (QED) is 0.861. The van der Waals surface area contributed by atoms with Gasteiger partial charge in [-0.1, -0.05) is 28.1 Å². The van der Waals surface area contributed by atoms with Gasteiger partial charge in [0, 0.05) is 11.5 Å². The Balaban J connectivity index is 2.65. The van der Waals surface area contributed by atoms with Gasteiger partial charge in [0.2, 0.25) is 5.91 Å². The number of hydrogen-bond donors (Lipinski definition) is 1. The average Bonchev–Trinajstić information content (AvgIpc) is 2.27. The number of carbonyl (C=O) groups is 1. The monoisotopic (exact) mass is 287 g/mol. The maximum Gasteiger partial charge on any atom is 0.248 e. The first-order valence-electron chi connectivity index (χ1n) is 4.78. The lowest BCUT2D eigenvalue weighted by molar-refractivity contribution is -0.170. The van der Waals surface area contributed by atoms with E-state index in [0.29, 0.717) is 5.56 Å². The number of hydrogen-bond acceptors (Lipinski definition) is 3. The minimum Gasteiger partial charge on any atom is -0.388 e. The van der Waals surface area contributed by atoms with Crippen molar-refractivity contribution in [3.63, 3.8) is 0 Å². The van der Waals surface area contributed by atoms with Gasteiger partial charge >= 0.3 is 0 Å². The highest BCUT2D eigenvalue weighted by atomic mass is 79.9. The topological polar surface area (TPSA) is 49.8 Å². The molecule has 0 aliphatic heterocycles. The van der Waals surface area contributed by atoms with Gasteiger partial charge in [0.05, 0.1) is 19.6 Å². The van der Waals surface area contributed by atoms with Crippen LogP contribution in [0.15, 0.2) is 28.7 Å². The third kappa shape index (κ3) is 3.59. The molecule has 1 amide bonds. The number of halogens is 1. The molecule has 5 heteroatoms. The fourth-order valence-electron chi connectivity index (χ4n) is 1.23. The number of aliphatic hydroxyl groups is 1. The Bertz CT molecular complexity index is 370. The van der Waals surface area contributed by atoms with E-state index in [2.05, 4.69) is 15.9 Å². The number of nitrogens with zero attached hydrogens (tertiary/aromatic N) is 1. The van der Waals surface area contributed by atoms with Crippen LogP contribution >= 0.6 is 15.9 Å². The number of aliphatic hydroxyl groups excluding tert-OH is 1. The number of hydroxylamine groups is 2. The molecule has 0 aliphatic carbocycles. The summed E-state index contributed by atoms with van der Waals surface area (Å²) in [5.41, 5.74) is 0.701. The summed E-state index contributed by atoms with van der Waals surface area (Å²) in [6, 6.07) is 7.23. The molecule has 0 bridgehead atoms. The van der Waals surface area contributed by atoms with E-state index in [0.717, 1.165) is 9.54 Å². The summed E-state index contributed by atoms with van der Waals surface area (Å²) in [7, 11) is 2.92. The Morgan fingerprint density at radius 3 is 2.88 bits per heavy atom. The number of benzene rings is 1. The normalized spacial score (nSPS) is 12.2.